The molecule has 1 aliphatic heterocycles. The second-order valence-electron chi connectivity index (χ2n) is 2.45. The molecule has 0 aliphatic carbocycles. The quantitative estimate of drug-likeness (QED) is 0.283. The van der Waals surface area contributed by atoms with E-state index in [-0.39, 0.29) is 0 Å². The molecule has 0 unspecified atom stereocenters. The first-order valence-electron chi connectivity index (χ1n) is 3.53. The third kappa shape index (κ3) is 1.47. The third-order valence-electron chi connectivity index (χ3n) is 1.78. The molecule has 0 radical (unpaired) electrons. The van der Waals surface area contributed by atoms with Crippen LogP contribution < -0.4 is 0 Å². The second-order valence-corrected chi connectivity index (χ2v) is 2.45. The first-order valence-corrected chi connectivity index (χ1v) is 3.53. The van der Waals surface area contributed by atoms with Crippen molar-refractivity contribution in [3.8, 4) is 6.19 Å². The average Bonchev–Trinajstić information content (AvgIpc) is 2.38. The van der Waals surface area contributed by atoms with Crippen molar-refractivity contribution < 1.29 is 0 Å². The summed E-state index contributed by atoms with van der Waals surface area (Å²) in [6.07, 6.45) is 4.26. The van der Waals surface area contributed by atoms with Gasteiger partial charge < -0.3 is 4.90 Å². The van der Waals surface area contributed by atoms with Gasteiger partial charge in [-0.2, -0.15) is 10.3 Å². The fourth-order valence-electron chi connectivity index (χ4n) is 1.18. The van der Waals surface area contributed by atoms with Crippen molar-refractivity contribution in [2.45, 2.75) is 19.8 Å². The highest BCUT2D eigenvalue weighted by Crippen LogP contribution is 2.07. The number of aliphatic imine (C=N–C) groups is 1. The van der Waals surface area contributed by atoms with Crippen molar-refractivity contribution in [2.24, 2.45) is 4.99 Å². The molecule has 54 valence electrons. The molecule has 0 atom stereocenters. The summed E-state index contributed by atoms with van der Waals surface area (Å²) in [6, 6.07) is 0. The van der Waals surface area contributed by atoms with E-state index in [0.29, 0.717) is 0 Å². The SMILES string of the molecule is CC(=NC#N)N1CCCC1. The van der Waals surface area contributed by atoms with E-state index >= 15 is 0 Å². The van der Waals surface area contributed by atoms with Crippen molar-refractivity contribution in [1.82, 2.24) is 4.90 Å². The van der Waals surface area contributed by atoms with Gasteiger partial charge in [-0.1, -0.05) is 0 Å². The minimum absolute atomic E-state index is 0.861. The molecule has 3 nitrogen and oxygen atoms in total. The van der Waals surface area contributed by atoms with Gasteiger partial charge in [0.15, 0.2) is 0 Å². The van der Waals surface area contributed by atoms with Crippen LogP contribution in [0.15, 0.2) is 4.99 Å². The fourth-order valence-corrected chi connectivity index (χ4v) is 1.18. The Hall–Kier alpha value is -1.04. The van der Waals surface area contributed by atoms with Gasteiger partial charge in [0.25, 0.3) is 0 Å². The van der Waals surface area contributed by atoms with E-state index in [0.717, 1.165) is 18.9 Å². The summed E-state index contributed by atoms with van der Waals surface area (Å²) in [7, 11) is 0. The lowest BCUT2D eigenvalue weighted by Crippen LogP contribution is -2.24. The molecule has 1 heterocycles. The Labute approximate surface area is 61.0 Å². The third-order valence-corrected chi connectivity index (χ3v) is 1.78. The summed E-state index contributed by atoms with van der Waals surface area (Å²) in [5, 5.41) is 8.23. The number of hydrogen-bond acceptors (Lipinski definition) is 2. The molecule has 1 rings (SSSR count). The first-order chi connectivity index (χ1) is 4.84. The highest BCUT2D eigenvalue weighted by molar-refractivity contribution is 5.80. The van der Waals surface area contributed by atoms with Crippen LogP contribution in [0, 0.1) is 11.5 Å². The summed E-state index contributed by atoms with van der Waals surface area (Å²) in [4.78, 5) is 5.80. The molecule has 0 aromatic carbocycles. The maximum atomic E-state index is 8.23. The molecule has 0 aromatic rings. The van der Waals surface area contributed by atoms with Crippen LogP contribution in [0.1, 0.15) is 19.8 Å². The maximum Gasteiger partial charge on any atom is 0.207 e. The molecule has 10 heavy (non-hydrogen) atoms. The van der Waals surface area contributed by atoms with E-state index in [1.165, 1.54) is 12.8 Å². The van der Waals surface area contributed by atoms with Gasteiger partial charge in [-0.25, -0.2) is 0 Å². The predicted molar refractivity (Wildman–Crippen MR) is 39.5 cm³/mol. The van der Waals surface area contributed by atoms with Crippen LogP contribution >= 0.6 is 0 Å². The summed E-state index contributed by atoms with van der Waals surface area (Å²) in [6.45, 7) is 4.02. The summed E-state index contributed by atoms with van der Waals surface area (Å²) in [5.41, 5.74) is 0. The van der Waals surface area contributed by atoms with Gasteiger partial charge in [0, 0.05) is 13.1 Å². The van der Waals surface area contributed by atoms with Crippen molar-refractivity contribution in [3.05, 3.63) is 0 Å². The molecule has 1 fully saturated rings. The number of rotatable bonds is 0. The fraction of sp³-hybridized carbons (Fsp3) is 0.714. The number of nitrogens with zero attached hydrogens (tertiary/aromatic N) is 3. The molecule has 0 spiro atoms. The van der Waals surface area contributed by atoms with E-state index in [4.69, 9.17) is 5.26 Å². The molecule has 1 saturated heterocycles. The number of nitriles is 1. The molecule has 0 N–H and O–H groups in total. The van der Waals surface area contributed by atoms with Crippen LogP contribution in [-0.4, -0.2) is 23.8 Å². The Balaban J connectivity index is 2.49. The van der Waals surface area contributed by atoms with Crippen LogP contribution in [0.2, 0.25) is 0 Å². The number of likely N-dealkylation sites (tertiary alicyclic amines) is 1. The lowest BCUT2D eigenvalue weighted by molar-refractivity contribution is 0.516. The Morgan fingerprint density at radius 2 is 2.10 bits per heavy atom. The highest BCUT2D eigenvalue weighted by Gasteiger charge is 2.11. The zero-order chi connectivity index (χ0) is 7.40. The first kappa shape index (κ1) is 7.07. The summed E-state index contributed by atoms with van der Waals surface area (Å²) in [5.74, 6) is 0.861. The number of hydrogen-bond donors (Lipinski definition) is 0. The molecule has 0 amide bonds. The monoisotopic (exact) mass is 137 g/mol. The van der Waals surface area contributed by atoms with Gasteiger partial charge in [0.05, 0.1) is 0 Å². The zero-order valence-corrected chi connectivity index (χ0v) is 6.17. The Kier molecular flexibility index (Phi) is 2.27. The largest absolute Gasteiger partial charge is 0.360 e. The van der Waals surface area contributed by atoms with Crippen molar-refractivity contribution in [1.29, 1.82) is 5.26 Å². The van der Waals surface area contributed by atoms with Crippen molar-refractivity contribution >= 4 is 5.84 Å². The lowest BCUT2D eigenvalue weighted by Gasteiger charge is -2.14. The van der Waals surface area contributed by atoms with Crippen LogP contribution in [-0.2, 0) is 0 Å². The Bertz CT molecular complexity index is 172. The number of amidine groups is 1. The zero-order valence-electron chi connectivity index (χ0n) is 6.17. The Morgan fingerprint density at radius 1 is 1.50 bits per heavy atom. The van der Waals surface area contributed by atoms with Gasteiger partial charge in [0.1, 0.15) is 5.84 Å². The molecule has 0 aromatic heterocycles. The van der Waals surface area contributed by atoms with Crippen molar-refractivity contribution in [2.75, 3.05) is 13.1 Å². The van der Waals surface area contributed by atoms with Crippen LogP contribution in [0.4, 0.5) is 0 Å². The molecular weight excluding hydrogens is 126 g/mol. The maximum absolute atomic E-state index is 8.23. The topological polar surface area (TPSA) is 39.4 Å². The molecule has 0 saturated carbocycles. The second kappa shape index (κ2) is 3.21. The van der Waals surface area contributed by atoms with E-state index in [1.54, 1.807) is 6.19 Å². The average molecular weight is 137 g/mol. The summed E-state index contributed by atoms with van der Waals surface area (Å²) < 4.78 is 0. The molecule has 3 heteroatoms. The normalized spacial score (nSPS) is 19.2. The standard InChI is InChI=1S/C7H11N3/c1-7(9-6-8)10-4-2-3-5-10/h2-5H2,1H3. The van der Waals surface area contributed by atoms with Crippen molar-refractivity contribution in [3.63, 3.8) is 0 Å². The smallest absolute Gasteiger partial charge is 0.207 e. The van der Waals surface area contributed by atoms with Gasteiger partial charge in [-0.3, -0.25) is 0 Å². The van der Waals surface area contributed by atoms with Gasteiger partial charge in [-0.05, 0) is 19.8 Å². The molecule has 0 bridgehead atoms. The summed E-state index contributed by atoms with van der Waals surface area (Å²) >= 11 is 0. The highest BCUT2D eigenvalue weighted by atomic mass is 15.2. The van der Waals surface area contributed by atoms with Gasteiger partial charge >= 0.3 is 0 Å². The van der Waals surface area contributed by atoms with Crippen LogP contribution in [0.25, 0.3) is 0 Å². The van der Waals surface area contributed by atoms with E-state index in [9.17, 15) is 0 Å². The Morgan fingerprint density at radius 3 is 2.60 bits per heavy atom. The van der Waals surface area contributed by atoms with E-state index < -0.39 is 0 Å². The van der Waals surface area contributed by atoms with Gasteiger partial charge in [0.2, 0.25) is 6.19 Å². The predicted octanol–water partition coefficient (Wildman–Crippen LogP) is 0.982. The minimum atomic E-state index is 0.861. The molecular formula is C7H11N3. The van der Waals surface area contributed by atoms with E-state index in [1.807, 2.05) is 6.92 Å². The van der Waals surface area contributed by atoms with Crippen LogP contribution in [0.3, 0.4) is 0 Å². The molecule has 1 aliphatic rings. The lowest BCUT2D eigenvalue weighted by atomic mass is 10.4. The minimum Gasteiger partial charge on any atom is -0.360 e. The van der Waals surface area contributed by atoms with E-state index in [2.05, 4.69) is 9.89 Å². The van der Waals surface area contributed by atoms with Gasteiger partial charge in [-0.15, -0.1) is 0 Å². The van der Waals surface area contributed by atoms with Crippen LogP contribution in [0.5, 0.6) is 0 Å².